The molecule has 1 amide bonds. The number of carbonyl (C=O) groups excluding carboxylic acids is 1. The zero-order valence-corrected chi connectivity index (χ0v) is 13.0. The van der Waals surface area contributed by atoms with Crippen molar-refractivity contribution in [2.45, 2.75) is 12.5 Å². The number of carbonyl (C=O) groups is 1. The van der Waals surface area contributed by atoms with Gasteiger partial charge in [-0.25, -0.2) is 4.68 Å². The van der Waals surface area contributed by atoms with Crippen LogP contribution in [0.5, 0.6) is 0 Å². The van der Waals surface area contributed by atoms with Gasteiger partial charge in [-0.2, -0.15) is 0 Å². The Morgan fingerprint density at radius 3 is 2.50 bits per heavy atom. The molecule has 1 unspecified atom stereocenters. The van der Waals surface area contributed by atoms with Crippen LogP contribution in [-0.4, -0.2) is 32.6 Å². The smallest absolute Gasteiger partial charge is 0.251 e. The lowest BCUT2D eigenvalue weighted by Gasteiger charge is -2.18. The first kappa shape index (κ1) is 15.9. The summed E-state index contributed by atoms with van der Waals surface area (Å²) in [6.45, 7) is 0.00504. The molecule has 3 aromatic rings. The molecule has 1 atom stereocenters. The summed E-state index contributed by atoms with van der Waals surface area (Å²) in [6, 6.07) is 16.5. The average molecular weight is 322 g/mol. The van der Waals surface area contributed by atoms with Crippen LogP contribution >= 0.6 is 0 Å². The van der Waals surface area contributed by atoms with Crippen LogP contribution in [0.1, 0.15) is 28.4 Å². The third-order valence-corrected chi connectivity index (χ3v) is 3.74. The summed E-state index contributed by atoms with van der Waals surface area (Å²) in [5.74, 6) is -0.178. The molecule has 0 bridgehead atoms. The fraction of sp³-hybridized carbons (Fsp3) is 0.167. The predicted octanol–water partition coefficient (Wildman–Crippen LogP) is 2.12. The minimum atomic E-state index is -0.223. The number of nitrogens with one attached hydrogen (secondary N) is 1. The third-order valence-electron chi connectivity index (χ3n) is 3.74. The number of rotatable bonds is 6. The number of aliphatic hydroxyl groups excluding tert-OH is 1. The molecule has 122 valence electrons. The number of aromatic nitrogens is 3. The molecule has 2 aromatic carbocycles. The van der Waals surface area contributed by atoms with Gasteiger partial charge in [0.25, 0.3) is 5.91 Å². The van der Waals surface area contributed by atoms with E-state index in [4.69, 9.17) is 0 Å². The predicted molar refractivity (Wildman–Crippen MR) is 89.7 cm³/mol. The van der Waals surface area contributed by atoms with Crippen molar-refractivity contribution in [3.63, 3.8) is 0 Å². The summed E-state index contributed by atoms with van der Waals surface area (Å²) in [4.78, 5) is 12.5. The van der Waals surface area contributed by atoms with Crippen molar-refractivity contribution in [3.05, 3.63) is 78.1 Å². The van der Waals surface area contributed by atoms with Crippen LogP contribution in [0.25, 0.3) is 5.69 Å². The van der Waals surface area contributed by atoms with Gasteiger partial charge in [0.05, 0.1) is 24.1 Å². The molecule has 1 heterocycles. The summed E-state index contributed by atoms with van der Waals surface area (Å²) in [5.41, 5.74) is 2.36. The molecule has 0 fully saturated rings. The molecular weight excluding hydrogens is 304 g/mol. The van der Waals surface area contributed by atoms with Crippen LogP contribution in [0, 0.1) is 0 Å². The van der Waals surface area contributed by atoms with Crippen molar-refractivity contribution in [3.8, 4) is 5.69 Å². The highest BCUT2D eigenvalue weighted by atomic mass is 16.3. The highest BCUT2D eigenvalue weighted by Gasteiger charge is 2.15. The number of benzene rings is 2. The minimum Gasteiger partial charge on any atom is -0.396 e. The van der Waals surface area contributed by atoms with E-state index in [9.17, 15) is 9.90 Å². The van der Waals surface area contributed by atoms with Gasteiger partial charge in [-0.05, 0) is 36.2 Å². The van der Waals surface area contributed by atoms with Gasteiger partial charge in [0.15, 0.2) is 0 Å². The summed E-state index contributed by atoms with van der Waals surface area (Å²) < 4.78 is 1.63. The highest BCUT2D eigenvalue weighted by Crippen LogP contribution is 2.17. The Labute approximate surface area is 139 Å². The monoisotopic (exact) mass is 322 g/mol. The molecule has 0 spiro atoms. The molecule has 0 aliphatic carbocycles. The first-order valence-electron chi connectivity index (χ1n) is 7.71. The van der Waals surface area contributed by atoms with E-state index in [-0.39, 0.29) is 18.6 Å². The van der Waals surface area contributed by atoms with Crippen molar-refractivity contribution in [1.29, 1.82) is 0 Å². The molecule has 0 saturated heterocycles. The lowest BCUT2D eigenvalue weighted by atomic mass is 10.0. The molecule has 0 radical (unpaired) electrons. The normalized spacial score (nSPS) is 11.9. The van der Waals surface area contributed by atoms with E-state index in [0.29, 0.717) is 12.0 Å². The molecule has 0 saturated carbocycles. The van der Waals surface area contributed by atoms with Crippen molar-refractivity contribution in [2.75, 3.05) is 6.61 Å². The Balaban J connectivity index is 1.73. The van der Waals surface area contributed by atoms with Crippen LogP contribution in [0.2, 0.25) is 0 Å². The molecule has 0 aliphatic heterocycles. The van der Waals surface area contributed by atoms with Gasteiger partial charge in [0, 0.05) is 12.2 Å². The number of nitrogens with zero attached hydrogens (tertiary/aromatic N) is 3. The summed E-state index contributed by atoms with van der Waals surface area (Å²) in [7, 11) is 0. The van der Waals surface area contributed by atoms with Crippen LogP contribution in [0.4, 0.5) is 0 Å². The number of hydrogen-bond acceptors (Lipinski definition) is 4. The quantitative estimate of drug-likeness (QED) is 0.728. The average Bonchev–Trinajstić information content (AvgIpc) is 3.17. The fourth-order valence-corrected chi connectivity index (χ4v) is 2.49. The van der Waals surface area contributed by atoms with Gasteiger partial charge in [0.2, 0.25) is 0 Å². The molecule has 24 heavy (non-hydrogen) atoms. The Kier molecular flexibility index (Phi) is 4.98. The van der Waals surface area contributed by atoms with Gasteiger partial charge < -0.3 is 10.4 Å². The Bertz CT molecular complexity index is 771. The summed E-state index contributed by atoms with van der Waals surface area (Å²) >= 11 is 0. The maximum atomic E-state index is 12.5. The number of amides is 1. The van der Waals surface area contributed by atoms with Crippen LogP contribution in [-0.2, 0) is 0 Å². The van der Waals surface area contributed by atoms with E-state index < -0.39 is 0 Å². The van der Waals surface area contributed by atoms with Crippen molar-refractivity contribution < 1.29 is 9.90 Å². The largest absolute Gasteiger partial charge is 0.396 e. The second-order valence-electron chi connectivity index (χ2n) is 5.34. The van der Waals surface area contributed by atoms with E-state index >= 15 is 0 Å². The number of aliphatic hydroxyl groups is 1. The Morgan fingerprint density at radius 2 is 1.88 bits per heavy atom. The van der Waals surface area contributed by atoms with E-state index in [0.717, 1.165) is 11.3 Å². The maximum absolute atomic E-state index is 12.5. The van der Waals surface area contributed by atoms with E-state index in [1.165, 1.54) is 0 Å². The van der Waals surface area contributed by atoms with Gasteiger partial charge in [0.1, 0.15) is 0 Å². The van der Waals surface area contributed by atoms with E-state index in [1.807, 2.05) is 42.5 Å². The maximum Gasteiger partial charge on any atom is 0.251 e. The summed E-state index contributed by atoms with van der Waals surface area (Å²) in [6.07, 6.45) is 3.80. The molecule has 6 heteroatoms. The number of hydrogen-bond donors (Lipinski definition) is 2. The molecule has 0 aliphatic rings. The fourth-order valence-electron chi connectivity index (χ4n) is 2.49. The Hall–Kier alpha value is -2.99. The van der Waals surface area contributed by atoms with Crippen LogP contribution in [0.15, 0.2) is 67.0 Å². The molecule has 1 aromatic heterocycles. The van der Waals surface area contributed by atoms with Crippen molar-refractivity contribution in [1.82, 2.24) is 20.3 Å². The zero-order chi connectivity index (χ0) is 16.8. The van der Waals surface area contributed by atoms with Gasteiger partial charge in [-0.15, -0.1) is 5.10 Å². The second-order valence-corrected chi connectivity index (χ2v) is 5.34. The SMILES string of the molecule is O=C(NC(CCO)c1ccccc1)c1ccc(-n2ccnn2)cc1. The lowest BCUT2D eigenvalue weighted by Crippen LogP contribution is -2.29. The Morgan fingerprint density at radius 1 is 1.12 bits per heavy atom. The van der Waals surface area contributed by atoms with Crippen molar-refractivity contribution in [2.24, 2.45) is 0 Å². The van der Waals surface area contributed by atoms with Crippen LogP contribution < -0.4 is 5.32 Å². The molecule has 3 rings (SSSR count). The van der Waals surface area contributed by atoms with Gasteiger partial charge >= 0.3 is 0 Å². The van der Waals surface area contributed by atoms with Gasteiger partial charge in [-0.3, -0.25) is 4.79 Å². The third kappa shape index (κ3) is 3.67. The lowest BCUT2D eigenvalue weighted by molar-refractivity contribution is 0.0930. The van der Waals surface area contributed by atoms with Gasteiger partial charge in [-0.1, -0.05) is 35.5 Å². The standard InChI is InChI=1S/C18H18N4O2/c23-13-10-17(14-4-2-1-3-5-14)20-18(24)15-6-8-16(9-7-15)22-12-11-19-21-22/h1-9,11-12,17,23H,10,13H2,(H,20,24). The molecule has 2 N–H and O–H groups in total. The van der Waals surface area contributed by atoms with E-state index in [2.05, 4.69) is 15.6 Å². The highest BCUT2D eigenvalue weighted by molar-refractivity contribution is 5.94. The first-order chi connectivity index (χ1) is 11.8. The topological polar surface area (TPSA) is 80.0 Å². The van der Waals surface area contributed by atoms with Crippen molar-refractivity contribution >= 4 is 5.91 Å². The first-order valence-corrected chi connectivity index (χ1v) is 7.71. The molecular formula is C18H18N4O2. The second kappa shape index (κ2) is 7.52. The minimum absolute atomic E-state index is 0.00504. The zero-order valence-electron chi connectivity index (χ0n) is 13.0. The summed E-state index contributed by atoms with van der Waals surface area (Å²) in [5, 5.41) is 19.9. The molecule has 6 nitrogen and oxygen atoms in total. The van der Waals surface area contributed by atoms with Crippen LogP contribution in [0.3, 0.4) is 0 Å². The van der Waals surface area contributed by atoms with E-state index in [1.54, 1.807) is 29.2 Å².